The van der Waals surface area contributed by atoms with Crippen LogP contribution in [0, 0.1) is 15.9 Å². The number of nitro benzene ring substituents is 1. The molecule has 2 aromatic rings. The predicted molar refractivity (Wildman–Crippen MR) is 61.8 cm³/mol. The molecule has 6 nitrogen and oxygen atoms in total. The highest BCUT2D eigenvalue weighted by atomic mass is 19.1. The van der Waals surface area contributed by atoms with Gasteiger partial charge in [0.25, 0.3) is 0 Å². The molecular formula is C11H10FN3O3. The number of hydrogen-bond acceptors (Lipinski definition) is 3. The molecule has 0 bridgehead atoms. The van der Waals surface area contributed by atoms with Gasteiger partial charge in [-0.25, -0.2) is 4.79 Å². The fraction of sp³-hybridized carbons (Fsp3) is 0.182. The van der Waals surface area contributed by atoms with E-state index >= 15 is 0 Å². The van der Waals surface area contributed by atoms with Gasteiger partial charge >= 0.3 is 11.4 Å². The maximum absolute atomic E-state index is 13.4. The molecule has 0 atom stereocenters. The van der Waals surface area contributed by atoms with Crippen molar-refractivity contribution in [3.05, 3.63) is 62.6 Å². The van der Waals surface area contributed by atoms with Crippen molar-refractivity contribution >= 4 is 5.69 Å². The molecule has 0 N–H and O–H groups in total. The summed E-state index contributed by atoms with van der Waals surface area (Å²) in [6.45, 7) is 0.175. The van der Waals surface area contributed by atoms with Gasteiger partial charge in [-0.2, -0.15) is 4.39 Å². The van der Waals surface area contributed by atoms with E-state index in [2.05, 4.69) is 0 Å². The summed E-state index contributed by atoms with van der Waals surface area (Å²) < 4.78 is 16.2. The molecule has 0 fully saturated rings. The highest BCUT2D eigenvalue weighted by Gasteiger charge is 2.14. The normalized spacial score (nSPS) is 10.6. The summed E-state index contributed by atoms with van der Waals surface area (Å²) in [5, 5.41) is 10.5. The van der Waals surface area contributed by atoms with Crippen molar-refractivity contribution in [3.8, 4) is 0 Å². The maximum Gasteiger partial charge on any atom is 0.328 e. The Kier molecular flexibility index (Phi) is 2.97. The van der Waals surface area contributed by atoms with Crippen LogP contribution in [-0.4, -0.2) is 14.1 Å². The number of aromatic nitrogens is 2. The lowest BCUT2D eigenvalue weighted by molar-refractivity contribution is -0.387. The molecule has 1 aromatic carbocycles. The van der Waals surface area contributed by atoms with Crippen LogP contribution in [0.15, 0.2) is 35.4 Å². The molecule has 0 aliphatic heterocycles. The van der Waals surface area contributed by atoms with Crippen molar-refractivity contribution < 1.29 is 9.31 Å². The van der Waals surface area contributed by atoms with Crippen molar-refractivity contribution in [3.63, 3.8) is 0 Å². The third-order valence-corrected chi connectivity index (χ3v) is 2.58. The van der Waals surface area contributed by atoms with Crippen LogP contribution >= 0.6 is 0 Å². The summed E-state index contributed by atoms with van der Waals surface area (Å²) >= 11 is 0. The Balaban J connectivity index is 2.31. The standard InChI is InChI=1S/C11H10FN3O3/c1-13-4-5-14(11(13)16)7-8-2-3-10(15(17)18)9(12)6-8/h2-6H,7H2,1H3. The second-order valence-corrected chi connectivity index (χ2v) is 3.86. The second kappa shape index (κ2) is 4.44. The quantitative estimate of drug-likeness (QED) is 0.609. The zero-order chi connectivity index (χ0) is 13.3. The average Bonchev–Trinajstić information content (AvgIpc) is 2.61. The molecule has 0 radical (unpaired) electrons. The number of nitro groups is 1. The number of aryl methyl sites for hydroxylation is 1. The molecule has 0 saturated carbocycles. The van der Waals surface area contributed by atoms with Crippen molar-refractivity contribution in [2.24, 2.45) is 7.05 Å². The van der Waals surface area contributed by atoms with Crippen molar-refractivity contribution in [1.29, 1.82) is 0 Å². The molecule has 0 saturated heterocycles. The fourth-order valence-corrected chi connectivity index (χ4v) is 1.62. The smallest absolute Gasteiger partial charge is 0.302 e. The van der Waals surface area contributed by atoms with Gasteiger partial charge in [-0.1, -0.05) is 6.07 Å². The zero-order valence-electron chi connectivity index (χ0n) is 9.54. The molecular weight excluding hydrogens is 241 g/mol. The summed E-state index contributed by atoms with van der Waals surface area (Å²) in [4.78, 5) is 21.2. The average molecular weight is 251 g/mol. The Morgan fingerprint density at radius 1 is 1.39 bits per heavy atom. The molecule has 1 aromatic heterocycles. The molecule has 0 aliphatic carbocycles. The number of hydrogen-bond donors (Lipinski definition) is 0. The van der Waals surface area contributed by atoms with Gasteiger partial charge in [0, 0.05) is 25.5 Å². The van der Waals surface area contributed by atoms with Crippen LogP contribution < -0.4 is 5.69 Å². The number of nitrogens with zero attached hydrogens (tertiary/aromatic N) is 3. The van der Waals surface area contributed by atoms with Crippen LogP contribution in [0.25, 0.3) is 0 Å². The fourth-order valence-electron chi connectivity index (χ4n) is 1.62. The number of halogens is 1. The van der Waals surface area contributed by atoms with Crippen LogP contribution in [0.5, 0.6) is 0 Å². The van der Waals surface area contributed by atoms with Gasteiger partial charge in [-0.15, -0.1) is 0 Å². The third-order valence-electron chi connectivity index (χ3n) is 2.58. The molecule has 7 heteroatoms. The first kappa shape index (κ1) is 12.0. The van der Waals surface area contributed by atoms with Gasteiger partial charge < -0.3 is 4.57 Å². The molecule has 0 unspecified atom stereocenters. The van der Waals surface area contributed by atoms with E-state index in [9.17, 15) is 19.3 Å². The van der Waals surface area contributed by atoms with Crippen molar-refractivity contribution in [2.45, 2.75) is 6.54 Å². The van der Waals surface area contributed by atoms with Crippen LogP contribution in [0.1, 0.15) is 5.56 Å². The first-order valence-electron chi connectivity index (χ1n) is 5.13. The molecule has 18 heavy (non-hydrogen) atoms. The Bertz CT molecular complexity index is 660. The zero-order valence-corrected chi connectivity index (χ0v) is 9.54. The number of rotatable bonds is 3. The minimum Gasteiger partial charge on any atom is -0.302 e. The Hall–Kier alpha value is -2.44. The molecule has 1 heterocycles. The number of imidazole rings is 1. The maximum atomic E-state index is 13.4. The Morgan fingerprint density at radius 2 is 2.11 bits per heavy atom. The van der Waals surface area contributed by atoms with E-state index in [0.717, 1.165) is 12.1 Å². The SMILES string of the molecule is Cn1ccn(Cc2ccc([N+](=O)[O-])c(F)c2)c1=O. The molecule has 0 spiro atoms. The van der Waals surface area contributed by atoms with E-state index in [-0.39, 0.29) is 12.2 Å². The summed E-state index contributed by atoms with van der Waals surface area (Å²) in [6.07, 6.45) is 3.16. The lowest BCUT2D eigenvalue weighted by Crippen LogP contribution is -2.22. The summed E-state index contributed by atoms with van der Waals surface area (Å²) in [5.41, 5.74) is -0.306. The summed E-state index contributed by atoms with van der Waals surface area (Å²) in [6, 6.07) is 3.59. The Labute approximate surface area is 101 Å². The third kappa shape index (κ3) is 2.15. The summed E-state index contributed by atoms with van der Waals surface area (Å²) in [5.74, 6) is -0.901. The minimum absolute atomic E-state index is 0.175. The summed E-state index contributed by atoms with van der Waals surface area (Å²) in [7, 11) is 1.61. The molecule has 94 valence electrons. The van der Waals surface area contributed by atoms with E-state index < -0.39 is 16.4 Å². The van der Waals surface area contributed by atoms with E-state index in [1.54, 1.807) is 19.4 Å². The minimum atomic E-state index is -0.901. The first-order chi connectivity index (χ1) is 8.49. The van der Waals surface area contributed by atoms with Gasteiger partial charge in [0.1, 0.15) is 0 Å². The largest absolute Gasteiger partial charge is 0.328 e. The Morgan fingerprint density at radius 3 is 2.61 bits per heavy atom. The van der Waals surface area contributed by atoms with Crippen LogP contribution in [0.2, 0.25) is 0 Å². The van der Waals surface area contributed by atoms with Crippen molar-refractivity contribution in [1.82, 2.24) is 9.13 Å². The molecule has 0 aliphatic rings. The van der Waals surface area contributed by atoms with Gasteiger partial charge in [-0.3, -0.25) is 14.7 Å². The highest BCUT2D eigenvalue weighted by Crippen LogP contribution is 2.18. The topological polar surface area (TPSA) is 70.1 Å². The van der Waals surface area contributed by atoms with Crippen LogP contribution in [-0.2, 0) is 13.6 Å². The van der Waals surface area contributed by atoms with Crippen LogP contribution in [0.4, 0.5) is 10.1 Å². The molecule has 2 rings (SSSR count). The lowest BCUT2D eigenvalue weighted by atomic mass is 10.2. The van der Waals surface area contributed by atoms with E-state index in [4.69, 9.17) is 0 Å². The van der Waals surface area contributed by atoms with Gasteiger partial charge in [0.15, 0.2) is 0 Å². The van der Waals surface area contributed by atoms with E-state index in [1.807, 2.05) is 0 Å². The monoisotopic (exact) mass is 251 g/mol. The highest BCUT2D eigenvalue weighted by molar-refractivity contribution is 5.35. The van der Waals surface area contributed by atoms with E-state index in [0.29, 0.717) is 5.56 Å². The second-order valence-electron chi connectivity index (χ2n) is 3.86. The van der Waals surface area contributed by atoms with Crippen LogP contribution in [0.3, 0.4) is 0 Å². The predicted octanol–water partition coefficient (Wildman–Crippen LogP) is 1.28. The lowest BCUT2D eigenvalue weighted by Gasteiger charge is -2.02. The van der Waals surface area contributed by atoms with Gasteiger partial charge in [0.2, 0.25) is 5.82 Å². The van der Waals surface area contributed by atoms with Gasteiger partial charge in [0.05, 0.1) is 11.5 Å². The van der Waals surface area contributed by atoms with Gasteiger partial charge in [-0.05, 0) is 11.6 Å². The van der Waals surface area contributed by atoms with E-state index in [1.165, 1.54) is 15.2 Å². The first-order valence-corrected chi connectivity index (χ1v) is 5.13. The van der Waals surface area contributed by atoms with Crippen molar-refractivity contribution in [2.75, 3.05) is 0 Å². The molecule has 0 amide bonds. The number of benzene rings is 1.